The van der Waals surface area contributed by atoms with Crippen molar-refractivity contribution in [2.45, 2.75) is 51.5 Å². The Morgan fingerprint density at radius 2 is 1.56 bits per heavy atom. The lowest BCUT2D eigenvalue weighted by Gasteiger charge is -2.30. The predicted molar refractivity (Wildman–Crippen MR) is 184 cm³/mol. The first-order valence-electron chi connectivity index (χ1n) is 16.2. The standard InChI is InChI=1S/C39H40N4O5/c1-26(2)22-36(37(44)42-46)43-21-20-39(40,38(43)45)30-14-18-32(19-15-30)48-25-29-23-35(41-34-11-7-6-10-33(29)34)28-12-16-31(17-13-28)47-24-27-8-4-3-5-9-27/h3-19,23,26,36,46H,20-22,24-25,40H2,1-2H3,(H,42,44). The van der Waals surface area contributed by atoms with Gasteiger partial charge in [-0.05, 0) is 78.4 Å². The lowest BCUT2D eigenvalue weighted by atomic mass is 9.89. The van der Waals surface area contributed by atoms with Crippen LogP contribution in [0, 0.1) is 5.92 Å². The normalized spacial score (nSPS) is 16.7. The van der Waals surface area contributed by atoms with Crippen LogP contribution in [0.15, 0.2) is 109 Å². The topological polar surface area (TPSA) is 127 Å². The van der Waals surface area contributed by atoms with Gasteiger partial charge in [-0.1, -0.05) is 74.5 Å². The van der Waals surface area contributed by atoms with E-state index in [1.54, 1.807) is 17.6 Å². The molecule has 0 bridgehead atoms. The Hall–Kier alpha value is -5.25. The molecule has 1 aliphatic rings. The van der Waals surface area contributed by atoms with Gasteiger partial charge in [-0.15, -0.1) is 0 Å². The van der Waals surface area contributed by atoms with E-state index in [0.717, 1.165) is 39.0 Å². The molecule has 2 atom stereocenters. The van der Waals surface area contributed by atoms with Crippen LogP contribution in [0.4, 0.5) is 0 Å². The molecule has 48 heavy (non-hydrogen) atoms. The molecular weight excluding hydrogens is 604 g/mol. The van der Waals surface area contributed by atoms with Crippen LogP contribution in [-0.2, 0) is 28.3 Å². The molecule has 2 amide bonds. The quantitative estimate of drug-likeness (QED) is 0.106. The fourth-order valence-electron chi connectivity index (χ4n) is 6.21. The minimum Gasteiger partial charge on any atom is -0.489 e. The van der Waals surface area contributed by atoms with Gasteiger partial charge in [-0.3, -0.25) is 14.8 Å². The maximum Gasteiger partial charge on any atom is 0.266 e. The summed E-state index contributed by atoms with van der Waals surface area (Å²) in [6.45, 7) is 5.05. The lowest BCUT2D eigenvalue weighted by molar-refractivity contribution is -0.144. The van der Waals surface area contributed by atoms with Crippen molar-refractivity contribution in [3.8, 4) is 22.8 Å². The van der Waals surface area contributed by atoms with E-state index < -0.39 is 17.5 Å². The number of para-hydroxylation sites is 1. The maximum absolute atomic E-state index is 13.5. The molecule has 0 saturated carbocycles. The maximum atomic E-state index is 13.5. The molecular formula is C39H40N4O5. The molecule has 4 N–H and O–H groups in total. The van der Waals surface area contributed by atoms with Gasteiger partial charge < -0.3 is 20.1 Å². The number of likely N-dealkylation sites (tertiary alicyclic amines) is 1. The van der Waals surface area contributed by atoms with Crippen molar-refractivity contribution < 1.29 is 24.3 Å². The molecule has 2 unspecified atom stereocenters. The van der Waals surface area contributed by atoms with Gasteiger partial charge >= 0.3 is 0 Å². The molecule has 1 fully saturated rings. The Kier molecular flexibility index (Phi) is 9.70. The molecule has 5 aromatic rings. The molecule has 9 heteroatoms. The van der Waals surface area contributed by atoms with Gasteiger partial charge in [0.25, 0.3) is 5.91 Å². The van der Waals surface area contributed by atoms with Crippen molar-refractivity contribution in [3.63, 3.8) is 0 Å². The lowest BCUT2D eigenvalue weighted by Crippen LogP contribution is -2.52. The molecule has 246 valence electrons. The second kappa shape index (κ2) is 14.3. The smallest absolute Gasteiger partial charge is 0.266 e. The summed E-state index contributed by atoms with van der Waals surface area (Å²) in [5, 5.41) is 10.3. The summed E-state index contributed by atoms with van der Waals surface area (Å²) >= 11 is 0. The zero-order chi connectivity index (χ0) is 33.7. The van der Waals surface area contributed by atoms with Gasteiger partial charge in [0.05, 0.1) is 11.2 Å². The van der Waals surface area contributed by atoms with E-state index in [-0.39, 0.29) is 11.8 Å². The average molecular weight is 645 g/mol. The number of nitrogens with one attached hydrogen (secondary N) is 1. The molecule has 9 nitrogen and oxygen atoms in total. The van der Waals surface area contributed by atoms with E-state index in [4.69, 9.17) is 20.2 Å². The van der Waals surface area contributed by atoms with E-state index in [9.17, 15) is 14.8 Å². The van der Waals surface area contributed by atoms with Gasteiger partial charge in [0.1, 0.15) is 36.3 Å². The molecule has 0 aliphatic carbocycles. The van der Waals surface area contributed by atoms with Crippen molar-refractivity contribution in [2.75, 3.05) is 6.54 Å². The van der Waals surface area contributed by atoms with Crippen LogP contribution in [0.2, 0.25) is 0 Å². The third-order valence-corrected chi connectivity index (χ3v) is 8.84. The Morgan fingerprint density at radius 1 is 0.917 bits per heavy atom. The summed E-state index contributed by atoms with van der Waals surface area (Å²) in [6.07, 6.45) is 0.770. The zero-order valence-corrected chi connectivity index (χ0v) is 27.1. The number of rotatable bonds is 12. The highest BCUT2D eigenvalue weighted by atomic mass is 16.5. The third-order valence-electron chi connectivity index (χ3n) is 8.84. The second-order valence-corrected chi connectivity index (χ2v) is 12.6. The molecule has 0 radical (unpaired) electrons. The van der Waals surface area contributed by atoms with Crippen LogP contribution >= 0.6 is 0 Å². The first-order valence-corrected chi connectivity index (χ1v) is 16.2. The van der Waals surface area contributed by atoms with Crippen molar-refractivity contribution in [2.24, 2.45) is 11.7 Å². The molecule has 6 rings (SSSR count). The number of hydrogen-bond donors (Lipinski definition) is 3. The van der Waals surface area contributed by atoms with Crippen molar-refractivity contribution in [1.29, 1.82) is 0 Å². The van der Waals surface area contributed by atoms with E-state index in [1.165, 1.54) is 4.90 Å². The fourth-order valence-corrected chi connectivity index (χ4v) is 6.21. The van der Waals surface area contributed by atoms with Crippen molar-refractivity contribution in [3.05, 3.63) is 126 Å². The van der Waals surface area contributed by atoms with Crippen LogP contribution in [0.5, 0.6) is 11.5 Å². The van der Waals surface area contributed by atoms with Gasteiger partial charge in [0.2, 0.25) is 5.91 Å². The summed E-state index contributed by atoms with van der Waals surface area (Å²) in [7, 11) is 0. The molecule has 1 aromatic heterocycles. The SMILES string of the molecule is CC(C)CC(C(=O)NO)N1CCC(N)(c2ccc(OCc3cc(-c4ccc(OCc5ccccc5)cc4)nc4ccccc34)cc2)C1=O. The first-order chi connectivity index (χ1) is 23.2. The number of fused-ring (bicyclic) bond motifs is 1. The monoisotopic (exact) mass is 644 g/mol. The van der Waals surface area contributed by atoms with Gasteiger partial charge in [0.15, 0.2) is 0 Å². The minimum absolute atomic E-state index is 0.142. The van der Waals surface area contributed by atoms with E-state index in [0.29, 0.717) is 43.9 Å². The second-order valence-electron chi connectivity index (χ2n) is 12.6. The number of hydroxylamine groups is 1. The number of carbonyl (C=O) groups is 2. The molecule has 0 spiro atoms. The van der Waals surface area contributed by atoms with Crippen molar-refractivity contribution >= 4 is 22.7 Å². The zero-order valence-electron chi connectivity index (χ0n) is 27.1. The van der Waals surface area contributed by atoms with Crippen molar-refractivity contribution in [1.82, 2.24) is 15.4 Å². The van der Waals surface area contributed by atoms with Crippen LogP contribution in [-0.4, -0.2) is 39.5 Å². The van der Waals surface area contributed by atoms with E-state index in [1.807, 2.05) is 111 Å². The van der Waals surface area contributed by atoms with Gasteiger partial charge in [-0.2, -0.15) is 0 Å². The number of benzene rings is 4. The van der Waals surface area contributed by atoms with Crippen LogP contribution in [0.3, 0.4) is 0 Å². The van der Waals surface area contributed by atoms with Crippen LogP contribution in [0.25, 0.3) is 22.2 Å². The minimum atomic E-state index is -1.28. The Bertz CT molecular complexity index is 1880. The molecule has 2 heterocycles. The predicted octanol–water partition coefficient (Wildman–Crippen LogP) is 6.37. The summed E-state index contributed by atoms with van der Waals surface area (Å²) in [5.41, 5.74) is 12.5. The largest absolute Gasteiger partial charge is 0.489 e. The van der Waals surface area contributed by atoms with E-state index >= 15 is 0 Å². The highest BCUT2D eigenvalue weighted by Crippen LogP contribution is 2.35. The Balaban J connectivity index is 1.16. The van der Waals surface area contributed by atoms with Crippen LogP contribution in [0.1, 0.15) is 43.4 Å². The van der Waals surface area contributed by atoms with E-state index in [2.05, 4.69) is 0 Å². The number of amides is 2. The Morgan fingerprint density at radius 3 is 2.25 bits per heavy atom. The summed E-state index contributed by atoms with van der Waals surface area (Å²) < 4.78 is 12.2. The fraction of sp³-hybridized carbons (Fsp3) is 0.256. The highest BCUT2D eigenvalue weighted by Gasteiger charge is 2.48. The number of pyridine rings is 1. The highest BCUT2D eigenvalue weighted by molar-refractivity contribution is 5.94. The average Bonchev–Trinajstić information content (AvgIpc) is 3.42. The summed E-state index contributed by atoms with van der Waals surface area (Å²) in [6, 6.07) is 34.5. The number of carbonyl (C=O) groups excluding carboxylic acids is 2. The third kappa shape index (κ3) is 7.02. The van der Waals surface area contributed by atoms with Gasteiger partial charge in [0, 0.05) is 23.1 Å². The molecule has 1 aliphatic heterocycles. The molecule has 1 saturated heterocycles. The number of nitrogens with zero attached hydrogens (tertiary/aromatic N) is 2. The number of hydrogen-bond acceptors (Lipinski definition) is 7. The summed E-state index contributed by atoms with van der Waals surface area (Å²) in [4.78, 5) is 32.4. The number of nitrogens with two attached hydrogens (primary N) is 1. The van der Waals surface area contributed by atoms with Crippen LogP contribution < -0.4 is 20.7 Å². The number of ether oxygens (including phenoxy) is 2. The number of aromatic nitrogens is 1. The first kappa shape index (κ1) is 32.7. The molecule has 4 aromatic carbocycles. The Labute approximate surface area is 280 Å². The summed E-state index contributed by atoms with van der Waals surface area (Å²) in [5.74, 6) is 0.610. The van der Waals surface area contributed by atoms with Gasteiger partial charge in [-0.25, -0.2) is 10.5 Å².